The van der Waals surface area contributed by atoms with Gasteiger partial charge in [0, 0.05) is 20.0 Å². The summed E-state index contributed by atoms with van der Waals surface area (Å²) >= 11 is 0. The fraction of sp³-hybridized carbons (Fsp3) is 0.562. The van der Waals surface area contributed by atoms with E-state index in [1.54, 1.807) is 0 Å². The number of aliphatic hydroxyl groups is 1. The Kier molecular flexibility index (Phi) is 5.78. The van der Waals surface area contributed by atoms with Gasteiger partial charge in [0.05, 0.1) is 18.4 Å². The van der Waals surface area contributed by atoms with Crippen molar-refractivity contribution in [3.05, 3.63) is 35.9 Å². The first-order chi connectivity index (χ1) is 10.8. The van der Waals surface area contributed by atoms with Gasteiger partial charge in [-0.05, 0) is 24.3 Å². The van der Waals surface area contributed by atoms with Crippen molar-refractivity contribution < 1.29 is 18.3 Å². The average molecular weight is 340 g/mol. The van der Waals surface area contributed by atoms with E-state index in [1.165, 1.54) is 7.05 Å². The van der Waals surface area contributed by atoms with E-state index in [0.717, 1.165) is 16.1 Å². The van der Waals surface area contributed by atoms with Gasteiger partial charge < -0.3 is 10.4 Å². The summed E-state index contributed by atoms with van der Waals surface area (Å²) < 4.78 is 23.9. The van der Waals surface area contributed by atoms with Gasteiger partial charge >= 0.3 is 0 Å². The van der Waals surface area contributed by atoms with E-state index in [1.807, 2.05) is 30.3 Å². The molecule has 2 N–H and O–H groups in total. The van der Waals surface area contributed by atoms with Gasteiger partial charge in [-0.3, -0.25) is 4.79 Å². The molecule has 0 spiro atoms. The summed E-state index contributed by atoms with van der Waals surface area (Å²) in [5.41, 5.74) is 1.01. The van der Waals surface area contributed by atoms with Crippen molar-refractivity contribution in [3.8, 4) is 0 Å². The molecule has 0 saturated heterocycles. The lowest BCUT2D eigenvalue weighted by Crippen LogP contribution is -2.42. The zero-order chi connectivity index (χ0) is 17.0. The lowest BCUT2D eigenvalue weighted by Gasteiger charge is -2.38. The Morgan fingerprint density at radius 2 is 1.96 bits per heavy atom. The van der Waals surface area contributed by atoms with Gasteiger partial charge in [0.1, 0.15) is 0 Å². The maximum Gasteiger partial charge on any atom is 0.221 e. The molecular formula is C16H24N2O4S. The first-order valence-electron chi connectivity index (χ1n) is 7.71. The first kappa shape index (κ1) is 17.9. The topological polar surface area (TPSA) is 86.7 Å². The van der Waals surface area contributed by atoms with Crippen molar-refractivity contribution in [2.24, 2.45) is 5.92 Å². The molecule has 23 heavy (non-hydrogen) atoms. The van der Waals surface area contributed by atoms with Crippen LogP contribution in [0.3, 0.4) is 0 Å². The van der Waals surface area contributed by atoms with E-state index in [9.17, 15) is 18.3 Å². The van der Waals surface area contributed by atoms with Gasteiger partial charge in [0.2, 0.25) is 15.9 Å². The maximum absolute atomic E-state index is 12.2. The summed E-state index contributed by atoms with van der Waals surface area (Å²) in [6.07, 6.45) is 2.28. The normalized spacial score (nSPS) is 22.4. The zero-order valence-corrected chi connectivity index (χ0v) is 14.3. The van der Waals surface area contributed by atoms with Crippen molar-refractivity contribution in [1.82, 2.24) is 9.62 Å². The number of carbonyl (C=O) groups is 1. The third-order valence-corrected chi connectivity index (χ3v) is 5.63. The first-order valence-corrected chi connectivity index (χ1v) is 9.56. The summed E-state index contributed by atoms with van der Waals surface area (Å²) in [6, 6.07) is 9.52. The number of nitrogens with zero attached hydrogens (tertiary/aromatic N) is 1. The quantitative estimate of drug-likeness (QED) is 0.772. The van der Waals surface area contributed by atoms with Crippen LogP contribution in [0, 0.1) is 5.92 Å². The van der Waals surface area contributed by atoms with E-state index in [0.29, 0.717) is 12.8 Å². The molecule has 1 amide bonds. The Balaban J connectivity index is 1.96. The molecular weight excluding hydrogens is 316 g/mol. The molecule has 128 valence electrons. The van der Waals surface area contributed by atoms with Crippen LogP contribution in [-0.2, 0) is 14.8 Å². The molecule has 1 fully saturated rings. The number of rotatable bonds is 7. The molecule has 0 unspecified atom stereocenters. The Bertz CT molecular complexity index is 627. The van der Waals surface area contributed by atoms with Crippen LogP contribution in [0.25, 0.3) is 0 Å². The van der Waals surface area contributed by atoms with E-state index < -0.39 is 10.0 Å². The van der Waals surface area contributed by atoms with E-state index in [-0.39, 0.29) is 36.9 Å². The zero-order valence-electron chi connectivity index (χ0n) is 13.5. The van der Waals surface area contributed by atoms with Crippen LogP contribution < -0.4 is 5.32 Å². The van der Waals surface area contributed by atoms with Crippen LogP contribution in [0.4, 0.5) is 0 Å². The van der Waals surface area contributed by atoms with E-state index in [2.05, 4.69) is 5.32 Å². The summed E-state index contributed by atoms with van der Waals surface area (Å²) in [6.45, 7) is 0.152. The van der Waals surface area contributed by atoms with Crippen LogP contribution in [0.1, 0.15) is 30.9 Å². The standard InChI is InChI=1S/C16H24N2O4S/c1-18(23(2,21)22)9-8-15(20)17-16(13-10-14(19)11-13)12-6-4-3-5-7-12/h3-7,13-14,16,19H,8-11H2,1-2H3,(H,17,20)/t13?,14?,16-/m1/s1. The molecule has 0 aliphatic heterocycles. The average Bonchev–Trinajstić information content (AvgIpc) is 2.47. The number of carbonyl (C=O) groups excluding carboxylic acids is 1. The number of sulfonamides is 1. The van der Waals surface area contributed by atoms with Crippen molar-refractivity contribution in [2.45, 2.75) is 31.4 Å². The van der Waals surface area contributed by atoms with Gasteiger partial charge in [0.15, 0.2) is 0 Å². The lowest BCUT2D eigenvalue weighted by atomic mass is 9.75. The second kappa shape index (κ2) is 7.42. The molecule has 1 aromatic carbocycles. The Hall–Kier alpha value is -1.44. The van der Waals surface area contributed by atoms with Crippen LogP contribution in [0.2, 0.25) is 0 Å². The minimum Gasteiger partial charge on any atom is -0.393 e. The summed E-state index contributed by atoms with van der Waals surface area (Å²) in [5.74, 6) is 0.0275. The fourth-order valence-electron chi connectivity index (χ4n) is 2.71. The van der Waals surface area contributed by atoms with E-state index in [4.69, 9.17) is 0 Å². The van der Waals surface area contributed by atoms with Crippen LogP contribution in [0.5, 0.6) is 0 Å². The molecule has 0 bridgehead atoms. The number of aliphatic hydroxyl groups excluding tert-OH is 1. The fourth-order valence-corrected chi connectivity index (χ4v) is 3.13. The number of benzene rings is 1. The van der Waals surface area contributed by atoms with Gasteiger partial charge in [-0.15, -0.1) is 0 Å². The van der Waals surface area contributed by atoms with Crippen LogP contribution in [0.15, 0.2) is 30.3 Å². The minimum atomic E-state index is -3.28. The van der Waals surface area contributed by atoms with Crippen molar-refractivity contribution >= 4 is 15.9 Å². The highest BCUT2D eigenvalue weighted by atomic mass is 32.2. The molecule has 0 radical (unpaired) electrons. The molecule has 2 rings (SSSR count). The number of nitrogens with one attached hydrogen (secondary N) is 1. The SMILES string of the molecule is CN(CCC(=O)N[C@H](c1ccccc1)C1CC(O)C1)S(C)(=O)=O. The molecule has 1 aliphatic rings. The molecule has 0 aromatic heterocycles. The third kappa shape index (κ3) is 5.02. The molecule has 1 atom stereocenters. The molecule has 1 aromatic rings. The largest absolute Gasteiger partial charge is 0.393 e. The predicted molar refractivity (Wildman–Crippen MR) is 88.1 cm³/mol. The lowest BCUT2D eigenvalue weighted by molar-refractivity contribution is -0.123. The Labute approximate surface area is 137 Å². The van der Waals surface area contributed by atoms with Crippen molar-refractivity contribution in [1.29, 1.82) is 0 Å². The van der Waals surface area contributed by atoms with Gasteiger partial charge in [-0.2, -0.15) is 0 Å². The Morgan fingerprint density at radius 3 is 2.48 bits per heavy atom. The summed E-state index contributed by atoms with van der Waals surface area (Å²) in [4.78, 5) is 12.2. The van der Waals surface area contributed by atoms with Crippen LogP contribution >= 0.6 is 0 Å². The molecule has 0 heterocycles. The second-order valence-corrected chi connectivity index (χ2v) is 8.27. The minimum absolute atomic E-state index is 0.113. The van der Waals surface area contributed by atoms with Crippen molar-refractivity contribution in [2.75, 3.05) is 19.8 Å². The highest BCUT2D eigenvalue weighted by Crippen LogP contribution is 2.38. The highest BCUT2D eigenvalue weighted by Gasteiger charge is 2.35. The number of amides is 1. The summed E-state index contributed by atoms with van der Waals surface area (Å²) in [5, 5.41) is 12.5. The number of hydrogen-bond donors (Lipinski definition) is 2. The van der Waals surface area contributed by atoms with Gasteiger partial charge in [0.25, 0.3) is 0 Å². The molecule has 7 heteroatoms. The smallest absolute Gasteiger partial charge is 0.221 e. The summed E-state index contributed by atoms with van der Waals surface area (Å²) in [7, 11) is -1.82. The molecule has 6 nitrogen and oxygen atoms in total. The monoisotopic (exact) mass is 340 g/mol. The van der Waals surface area contributed by atoms with Gasteiger partial charge in [-0.25, -0.2) is 12.7 Å². The van der Waals surface area contributed by atoms with Gasteiger partial charge in [-0.1, -0.05) is 30.3 Å². The second-order valence-electron chi connectivity index (χ2n) is 6.18. The molecule has 1 saturated carbocycles. The van der Waals surface area contributed by atoms with Crippen LogP contribution in [-0.4, -0.2) is 49.7 Å². The Morgan fingerprint density at radius 1 is 1.35 bits per heavy atom. The molecule has 1 aliphatic carbocycles. The van der Waals surface area contributed by atoms with Crippen molar-refractivity contribution in [3.63, 3.8) is 0 Å². The third-order valence-electron chi connectivity index (χ3n) is 4.32. The highest BCUT2D eigenvalue weighted by molar-refractivity contribution is 7.88. The van der Waals surface area contributed by atoms with E-state index >= 15 is 0 Å². The predicted octanol–water partition coefficient (Wildman–Crippen LogP) is 0.896. The number of hydrogen-bond acceptors (Lipinski definition) is 4. The maximum atomic E-state index is 12.2.